The monoisotopic (exact) mass is 342 g/mol. The lowest BCUT2D eigenvalue weighted by Crippen LogP contribution is -2.53. The van der Waals surface area contributed by atoms with Crippen molar-refractivity contribution in [1.29, 1.82) is 0 Å². The zero-order valence-electron chi connectivity index (χ0n) is 15.5. The molecule has 3 nitrogen and oxygen atoms in total. The third kappa shape index (κ3) is 1.94. The van der Waals surface area contributed by atoms with Gasteiger partial charge in [-0.2, -0.15) is 0 Å². The summed E-state index contributed by atoms with van der Waals surface area (Å²) in [5, 5.41) is 10.1. The van der Waals surface area contributed by atoms with Crippen LogP contribution >= 0.6 is 0 Å². The Labute approximate surface area is 150 Å². The van der Waals surface area contributed by atoms with Crippen LogP contribution in [-0.4, -0.2) is 22.8 Å². The fraction of sp³-hybridized carbons (Fsp3) is 0.773. The van der Waals surface area contributed by atoms with E-state index in [1.54, 1.807) is 0 Å². The van der Waals surface area contributed by atoms with Crippen molar-refractivity contribution in [3.63, 3.8) is 0 Å². The molecule has 5 rings (SSSR count). The lowest BCUT2D eigenvalue weighted by Gasteiger charge is -2.57. The molecule has 5 aliphatic rings. The quantitative estimate of drug-likeness (QED) is 0.672. The van der Waals surface area contributed by atoms with Gasteiger partial charge in [-0.1, -0.05) is 32.1 Å². The predicted molar refractivity (Wildman–Crippen MR) is 95.7 cm³/mol. The van der Waals surface area contributed by atoms with E-state index in [9.17, 15) is 9.90 Å². The molecule has 1 heterocycles. The van der Waals surface area contributed by atoms with Crippen LogP contribution in [0.15, 0.2) is 23.8 Å². The molecule has 7 atom stereocenters. The number of allylic oxidation sites excluding steroid dienone is 3. The van der Waals surface area contributed by atoms with E-state index in [4.69, 9.17) is 4.74 Å². The number of aliphatic hydroxyl groups excluding tert-OH is 1. The fourth-order valence-corrected chi connectivity index (χ4v) is 7.44. The van der Waals surface area contributed by atoms with E-state index in [2.05, 4.69) is 32.1 Å². The van der Waals surface area contributed by atoms with E-state index < -0.39 is 0 Å². The van der Waals surface area contributed by atoms with Crippen LogP contribution in [-0.2, 0) is 9.53 Å². The van der Waals surface area contributed by atoms with Gasteiger partial charge >= 0.3 is 5.97 Å². The van der Waals surface area contributed by atoms with Gasteiger partial charge in [-0.05, 0) is 73.7 Å². The van der Waals surface area contributed by atoms with E-state index in [1.165, 1.54) is 24.8 Å². The van der Waals surface area contributed by atoms with Crippen LogP contribution in [0.3, 0.4) is 0 Å². The lowest BCUT2D eigenvalue weighted by molar-refractivity contribution is -0.165. The van der Waals surface area contributed by atoms with Crippen molar-refractivity contribution in [3.8, 4) is 0 Å². The van der Waals surface area contributed by atoms with Gasteiger partial charge in [-0.15, -0.1) is 0 Å². The third-order valence-electron chi connectivity index (χ3n) is 8.97. The second-order valence-electron chi connectivity index (χ2n) is 9.76. The third-order valence-corrected chi connectivity index (χ3v) is 8.97. The van der Waals surface area contributed by atoms with E-state index >= 15 is 0 Å². The smallest absolute Gasteiger partial charge is 0.306 e. The molecule has 0 unspecified atom stereocenters. The van der Waals surface area contributed by atoms with Crippen molar-refractivity contribution >= 4 is 5.97 Å². The lowest BCUT2D eigenvalue weighted by atomic mass is 9.48. The molecule has 0 aromatic heterocycles. The first kappa shape index (κ1) is 16.1. The van der Waals surface area contributed by atoms with Gasteiger partial charge in [0, 0.05) is 11.8 Å². The van der Waals surface area contributed by atoms with E-state index in [1.807, 2.05) is 0 Å². The van der Waals surface area contributed by atoms with Gasteiger partial charge in [-0.25, -0.2) is 0 Å². The molecular formula is C22H30O3. The van der Waals surface area contributed by atoms with Crippen molar-refractivity contribution in [2.45, 2.75) is 76.9 Å². The second-order valence-corrected chi connectivity index (χ2v) is 9.76. The maximum Gasteiger partial charge on any atom is 0.306 e. The average Bonchev–Trinajstić information content (AvgIpc) is 3.10. The summed E-state index contributed by atoms with van der Waals surface area (Å²) in [6.45, 7) is 4.83. The summed E-state index contributed by atoms with van der Waals surface area (Å²) >= 11 is 0. The summed E-state index contributed by atoms with van der Waals surface area (Å²) in [6.07, 6.45) is 14.7. The molecule has 1 N–H and O–H groups in total. The van der Waals surface area contributed by atoms with E-state index in [0.29, 0.717) is 24.2 Å². The minimum atomic E-state index is -0.272. The zero-order chi connectivity index (χ0) is 17.4. The number of aliphatic hydroxyl groups is 1. The maximum absolute atomic E-state index is 11.9. The van der Waals surface area contributed by atoms with Gasteiger partial charge in [0.2, 0.25) is 0 Å². The van der Waals surface area contributed by atoms with Crippen LogP contribution in [0.5, 0.6) is 0 Å². The van der Waals surface area contributed by atoms with Gasteiger partial charge in [0.05, 0.1) is 6.10 Å². The molecule has 0 bridgehead atoms. The Kier molecular flexibility index (Phi) is 3.22. The highest BCUT2D eigenvalue weighted by Gasteiger charge is 2.66. The molecule has 1 spiro atoms. The molecular weight excluding hydrogens is 312 g/mol. The Hall–Kier alpha value is -1.09. The molecule has 25 heavy (non-hydrogen) atoms. The molecule has 0 radical (unpaired) electrons. The molecule has 0 aromatic carbocycles. The van der Waals surface area contributed by atoms with Crippen LogP contribution in [0.2, 0.25) is 0 Å². The van der Waals surface area contributed by atoms with Gasteiger partial charge in [0.15, 0.2) is 0 Å². The number of fused-ring (bicyclic) bond motifs is 6. The van der Waals surface area contributed by atoms with Gasteiger partial charge in [0.1, 0.15) is 5.60 Å². The van der Waals surface area contributed by atoms with Crippen molar-refractivity contribution in [3.05, 3.63) is 23.8 Å². The highest BCUT2D eigenvalue weighted by atomic mass is 16.6. The number of hydrogen-bond donors (Lipinski definition) is 1. The number of ether oxygens (including phenoxy) is 1. The molecule has 2 saturated carbocycles. The summed E-state index contributed by atoms with van der Waals surface area (Å²) in [5.41, 5.74) is 1.52. The van der Waals surface area contributed by atoms with Crippen molar-refractivity contribution in [1.82, 2.24) is 0 Å². The van der Waals surface area contributed by atoms with E-state index in [-0.39, 0.29) is 28.5 Å². The number of carbonyl (C=O) groups excluding carboxylic acids is 1. The molecule has 4 aliphatic carbocycles. The summed E-state index contributed by atoms with van der Waals surface area (Å²) in [5.74, 6) is 1.90. The molecule has 3 fully saturated rings. The van der Waals surface area contributed by atoms with E-state index in [0.717, 1.165) is 25.7 Å². The molecule has 1 aliphatic heterocycles. The van der Waals surface area contributed by atoms with Crippen LogP contribution in [0.25, 0.3) is 0 Å². The van der Waals surface area contributed by atoms with Crippen molar-refractivity contribution in [2.24, 2.45) is 28.6 Å². The Morgan fingerprint density at radius 2 is 1.88 bits per heavy atom. The summed E-state index contributed by atoms with van der Waals surface area (Å²) in [4.78, 5) is 11.9. The van der Waals surface area contributed by atoms with Gasteiger partial charge < -0.3 is 9.84 Å². The number of carbonyl (C=O) groups is 1. The van der Waals surface area contributed by atoms with Crippen LogP contribution in [0.1, 0.15) is 65.2 Å². The van der Waals surface area contributed by atoms with Crippen molar-refractivity contribution in [2.75, 3.05) is 0 Å². The predicted octanol–water partition coefficient (Wildman–Crippen LogP) is 4.16. The second kappa shape index (κ2) is 5.00. The normalized spacial score (nSPS) is 53.9. The van der Waals surface area contributed by atoms with Gasteiger partial charge in [-0.3, -0.25) is 4.79 Å². The summed E-state index contributed by atoms with van der Waals surface area (Å²) in [6, 6.07) is 0. The largest absolute Gasteiger partial charge is 0.458 e. The topological polar surface area (TPSA) is 46.5 Å². The number of esters is 1. The SMILES string of the molecule is C[C@]12CC[C@H](O)C=C1C=C[C@H]1[C@H]3CC[C@@]4(CCC(=O)O4)[C@@]3(C)CC[C@@H]12. The van der Waals surface area contributed by atoms with Crippen molar-refractivity contribution < 1.29 is 14.6 Å². The Morgan fingerprint density at radius 1 is 1.08 bits per heavy atom. The van der Waals surface area contributed by atoms with Crippen LogP contribution < -0.4 is 0 Å². The minimum absolute atomic E-state index is 0.0154. The number of hydrogen-bond acceptors (Lipinski definition) is 3. The molecule has 0 amide bonds. The van der Waals surface area contributed by atoms with Crippen LogP contribution in [0, 0.1) is 28.6 Å². The highest BCUT2D eigenvalue weighted by molar-refractivity contribution is 5.72. The number of rotatable bonds is 0. The molecule has 0 aromatic rings. The first-order valence-electron chi connectivity index (χ1n) is 10.2. The Morgan fingerprint density at radius 3 is 2.64 bits per heavy atom. The maximum atomic E-state index is 11.9. The first-order chi connectivity index (χ1) is 11.9. The fourth-order valence-electron chi connectivity index (χ4n) is 7.44. The Bertz CT molecular complexity index is 679. The summed E-state index contributed by atoms with van der Waals surface area (Å²) in [7, 11) is 0. The zero-order valence-corrected chi connectivity index (χ0v) is 15.5. The summed E-state index contributed by atoms with van der Waals surface area (Å²) < 4.78 is 6.00. The van der Waals surface area contributed by atoms with Crippen LogP contribution in [0.4, 0.5) is 0 Å². The highest BCUT2D eigenvalue weighted by Crippen LogP contribution is 2.68. The minimum Gasteiger partial charge on any atom is -0.458 e. The molecule has 3 heteroatoms. The first-order valence-corrected chi connectivity index (χ1v) is 10.2. The standard InChI is InChI=1S/C22H30O3/c1-20-9-5-15(23)13-14(20)3-4-16-17(20)6-10-21(2)18(16)7-11-22(21)12-8-19(24)25-22/h3-4,13,15-18,23H,5-12H2,1-2H3/t15-,16+,17-,18+,20-,21-,22+/m0/s1. The van der Waals surface area contributed by atoms with Gasteiger partial charge in [0.25, 0.3) is 0 Å². The molecule has 136 valence electrons. The average molecular weight is 342 g/mol. The molecule has 1 saturated heterocycles. The Balaban J connectivity index is 1.52.